The SMILES string of the molecule is CC(C)c1n[nH]nc1CCCc1ccccc1. The van der Waals surface area contributed by atoms with Crippen LogP contribution in [0, 0.1) is 0 Å². The number of nitrogens with zero attached hydrogens (tertiary/aromatic N) is 2. The minimum atomic E-state index is 0.445. The summed E-state index contributed by atoms with van der Waals surface area (Å²) in [6, 6.07) is 10.6. The Morgan fingerprint density at radius 3 is 2.53 bits per heavy atom. The lowest BCUT2D eigenvalue weighted by atomic mass is 10.0. The quantitative estimate of drug-likeness (QED) is 0.856. The van der Waals surface area contributed by atoms with E-state index in [4.69, 9.17) is 0 Å². The van der Waals surface area contributed by atoms with Crippen molar-refractivity contribution in [3.05, 3.63) is 47.3 Å². The molecule has 0 spiro atoms. The maximum absolute atomic E-state index is 4.23. The van der Waals surface area contributed by atoms with Gasteiger partial charge in [0.05, 0.1) is 11.4 Å². The summed E-state index contributed by atoms with van der Waals surface area (Å²) >= 11 is 0. The second-order valence-electron chi connectivity index (χ2n) is 4.65. The number of aryl methyl sites for hydroxylation is 2. The van der Waals surface area contributed by atoms with Gasteiger partial charge in [0.25, 0.3) is 0 Å². The summed E-state index contributed by atoms with van der Waals surface area (Å²) in [6.45, 7) is 4.30. The first-order valence-electron chi connectivity index (χ1n) is 6.21. The van der Waals surface area contributed by atoms with Crippen LogP contribution in [0.2, 0.25) is 0 Å². The molecule has 2 rings (SSSR count). The highest BCUT2D eigenvalue weighted by Gasteiger charge is 2.10. The van der Waals surface area contributed by atoms with Crippen molar-refractivity contribution in [2.24, 2.45) is 0 Å². The van der Waals surface area contributed by atoms with Crippen molar-refractivity contribution in [3.8, 4) is 0 Å². The Bertz CT molecular complexity index is 446. The summed E-state index contributed by atoms with van der Waals surface area (Å²) in [7, 11) is 0. The van der Waals surface area contributed by atoms with E-state index in [0.717, 1.165) is 30.7 Å². The lowest BCUT2D eigenvalue weighted by Gasteiger charge is -2.03. The van der Waals surface area contributed by atoms with Crippen molar-refractivity contribution in [1.29, 1.82) is 0 Å². The molecule has 0 bridgehead atoms. The molecule has 0 aliphatic rings. The van der Waals surface area contributed by atoms with E-state index in [9.17, 15) is 0 Å². The molecule has 0 unspecified atom stereocenters. The smallest absolute Gasteiger partial charge is 0.0882 e. The molecular weight excluding hydrogens is 210 g/mol. The third kappa shape index (κ3) is 3.16. The molecule has 90 valence electrons. The molecule has 0 amide bonds. The van der Waals surface area contributed by atoms with E-state index in [1.807, 2.05) is 0 Å². The maximum Gasteiger partial charge on any atom is 0.0882 e. The summed E-state index contributed by atoms with van der Waals surface area (Å²) in [5.74, 6) is 0.445. The van der Waals surface area contributed by atoms with Gasteiger partial charge in [0.2, 0.25) is 0 Å². The summed E-state index contributed by atoms with van der Waals surface area (Å²) in [6.07, 6.45) is 3.22. The molecule has 0 aliphatic heterocycles. The van der Waals surface area contributed by atoms with E-state index in [1.54, 1.807) is 0 Å². The van der Waals surface area contributed by atoms with E-state index in [2.05, 4.69) is 59.6 Å². The third-order valence-electron chi connectivity index (χ3n) is 2.92. The van der Waals surface area contributed by atoms with E-state index >= 15 is 0 Å². The molecule has 0 saturated heterocycles. The standard InChI is InChI=1S/C14H19N3/c1-11(2)14-13(15-17-16-14)10-6-9-12-7-4-3-5-8-12/h3-5,7-8,11H,6,9-10H2,1-2H3,(H,15,16,17). The minimum absolute atomic E-state index is 0.445. The van der Waals surface area contributed by atoms with Gasteiger partial charge < -0.3 is 0 Å². The maximum atomic E-state index is 4.23. The van der Waals surface area contributed by atoms with Crippen LogP contribution in [0.3, 0.4) is 0 Å². The first-order chi connectivity index (χ1) is 8.27. The third-order valence-corrected chi connectivity index (χ3v) is 2.92. The highest BCUT2D eigenvalue weighted by molar-refractivity contribution is 5.16. The molecule has 1 heterocycles. The van der Waals surface area contributed by atoms with Crippen molar-refractivity contribution in [3.63, 3.8) is 0 Å². The Labute approximate surface area is 102 Å². The van der Waals surface area contributed by atoms with Crippen LogP contribution in [-0.4, -0.2) is 15.4 Å². The fourth-order valence-corrected chi connectivity index (χ4v) is 2.01. The average molecular weight is 229 g/mol. The highest BCUT2D eigenvalue weighted by Crippen LogP contribution is 2.16. The number of hydrogen-bond acceptors (Lipinski definition) is 2. The van der Waals surface area contributed by atoms with Gasteiger partial charge in [-0.1, -0.05) is 44.2 Å². The molecule has 0 radical (unpaired) electrons. The zero-order valence-corrected chi connectivity index (χ0v) is 10.5. The second-order valence-corrected chi connectivity index (χ2v) is 4.65. The van der Waals surface area contributed by atoms with Crippen molar-refractivity contribution in [2.45, 2.75) is 39.0 Å². The first-order valence-corrected chi connectivity index (χ1v) is 6.21. The van der Waals surface area contributed by atoms with Crippen LogP contribution in [0.5, 0.6) is 0 Å². The van der Waals surface area contributed by atoms with Crippen molar-refractivity contribution in [2.75, 3.05) is 0 Å². The largest absolute Gasteiger partial charge is 0.197 e. The number of aromatic amines is 1. The number of rotatable bonds is 5. The fraction of sp³-hybridized carbons (Fsp3) is 0.429. The zero-order valence-electron chi connectivity index (χ0n) is 10.5. The van der Waals surface area contributed by atoms with Gasteiger partial charge in [-0.25, -0.2) is 0 Å². The Morgan fingerprint density at radius 2 is 1.82 bits per heavy atom. The minimum Gasteiger partial charge on any atom is -0.197 e. The molecule has 3 heteroatoms. The summed E-state index contributed by atoms with van der Waals surface area (Å²) in [5.41, 5.74) is 3.62. The zero-order chi connectivity index (χ0) is 12.1. The van der Waals surface area contributed by atoms with E-state index in [0.29, 0.717) is 5.92 Å². The molecule has 1 aromatic heterocycles. The molecule has 1 aromatic carbocycles. The number of hydrogen-bond donors (Lipinski definition) is 1. The van der Waals surface area contributed by atoms with Gasteiger partial charge in [-0.15, -0.1) is 0 Å². The van der Waals surface area contributed by atoms with Gasteiger partial charge in [0, 0.05) is 0 Å². The predicted octanol–water partition coefficient (Wildman–Crippen LogP) is 3.10. The summed E-state index contributed by atoms with van der Waals surface area (Å²) < 4.78 is 0. The molecule has 0 atom stereocenters. The van der Waals surface area contributed by atoms with Crippen LogP contribution < -0.4 is 0 Å². The van der Waals surface area contributed by atoms with Crippen LogP contribution in [0.15, 0.2) is 30.3 Å². The van der Waals surface area contributed by atoms with Crippen molar-refractivity contribution < 1.29 is 0 Å². The fourth-order valence-electron chi connectivity index (χ4n) is 2.01. The Hall–Kier alpha value is -1.64. The van der Waals surface area contributed by atoms with Gasteiger partial charge in [0.1, 0.15) is 0 Å². The molecule has 2 aromatic rings. The number of aromatic nitrogens is 3. The van der Waals surface area contributed by atoms with Gasteiger partial charge in [-0.3, -0.25) is 0 Å². The molecule has 0 aliphatic carbocycles. The average Bonchev–Trinajstić information content (AvgIpc) is 2.79. The predicted molar refractivity (Wildman–Crippen MR) is 68.9 cm³/mol. The van der Waals surface area contributed by atoms with Gasteiger partial charge in [0.15, 0.2) is 0 Å². The number of benzene rings is 1. The molecule has 17 heavy (non-hydrogen) atoms. The van der Waals surface area contributed by atoms with Crippen LogP contribution in [0.25, 0.3) is 0 Å². The Kier molecular flexibility index (Phi) is 3.91. The van der Waals surface area contributed by atoms with Crippen LogP contribution >= 0.6 is 0 Å². The first kappa shape index (κ1) is 11.8. The van der Waals surface area contributed by atoms with Gasteiger partial charge >= 0.3 is 0 Å². The Balaban J connectivity index is 1.88. The highest BCUT2D eigenvalue weighted by atomic mass is 15.3. The lowest BCUT2D eigenvalue weighted by molar-refractivity contribution is 0.760. The summed E-state index contributed by atoms with van der Waals surface area (Å²) in [5, 5.41) is 11.2. The van der Waals surface area contributed by atoms with E-state index < -0.39 is 0 Å². The van der Waals surface area contributed by atoms with Crippen LogP contribution in [-0.2, 0) is 12.8 Å². The monoisotopic (exact) mass is 229 g/mol. The molecule has 0 fully saturated rings. The van der Waals surface area contributed by atoms with Crippen LogP contribution in [0.1, 0.15) is 43.1 Å². The van der Waals surface area contributed by atoms with Crippen molar-refractivity contribution in [1.82, 2.24) is 15.4 Å². The lowest BCUT2D eigenvalue weighted by Crippen LogP contribution is -1.97. The van der Waals surface area contributed by atoms with E-state index in [1.165, 1.54) is 5.56 Å². The Morgan fingerprint density at radius 1 is 1.06 bits per heavy atom. The molecule has 1 N–H and O–H groups in total. The topological polar surface area (TPSA) is 41.6 Å². The van der Waals surface area contributed by atoms with Crippen molar-refractivity contribution >= 4 is 0 Å². The van der Waals surface area contributed by atoms with Gasteiger partial charge in [-0.2, -0.15) is 15.4 Å². The molecular formula is C14H19N3. The van der Waals surface area contributed by atoms with Crippen LogP contribution in [0.4, 0.5) is 0 Å². The number of H-pyrrole nitrogens is 1. The second kappa shape index (κ2) is 5.62. The summed E-state index contributed by atoms with van der Waals surface area (Å²) in [4.78, 5) is 0. The molecule has 3 nitrogen and oxygen atoms in total. The van der Waals surface area contributed by atoms with E-state index in [-0.39, 0.29) is 0 Å². The number of nitrogens with one attached hydrogen (secondary N) is 1. The normalized spacial score (nSPS) is 11.0. The van der Waals surface area contributed by atoms with Gasteiger partial charge in [-0.05, 0) is 30.7 Å². The molecule has 0 saturated carbocycles.